The van der Waals surface area contributed by atoms with Crippen LogP contribution in [0.1, 0.15) is 15.2 Å². The number of benzene rings is 6. The lowest BCUT2D eigenvalue weighted by Crippen LogP contribution is -2.19. The number of aromatic nitrogens is 2. The second kappa shape index (κ2) is 15.0. The molecular weight excluding hydrogens is 757 g/mol. The maximum atomic E-state index is 14.4. The summed E-state index contributed by atoms with van der Waals surface area (Å²) in [5.41, 5.74) is 6.25. The number of nitrogens with one attached hydrogen (secondary N) is 2. The molecule has 6 aromatic carbocycles. The summed E-state index contributed by atoms with van der Waals surface area (Å²) in [6.07, 6.45) is 3.54. The standard InChI is InChI=1S/C49H32N4O3S2/c54-48(56-29-30-12-2-1-3-13-30)46-44(42-35-17-6-4-14-31(35)22-25-40(42)57-46)45-43-36-18-7-5-15-32(36)23-26-41(43)58-47(45)53-49(55)52-37-19-9-8-16-34(37)33-21-24-39(51-28-33)38-20-10-11-27-50-38/h1-28H,29H2,(H2,52,53,55). The molecule has 7 nitrogen and oxygen atoms in total. The molecule has 58 heavy (non-hydrogen) atoms. The van der Waals surface area contributed by atoms with Gasteiger partial charge in [-0.05, 0) is 63.5 Å². The first kappa shape index (κ1) is 35.2. The normalized spacial score (nSPS) is 11.3. The summed E-state index contributed by atoms with van der Waals surface area (Å²) in [4.78, 5) is 38.2. The summed E-state index contributed by atoms with van der Waals surface area (Å²) in [5.74, 6) is -0.421. The van der Waals surface area contributed by atoms with Crippen molar-refractivity contribution >= 4 is 87.1 Å². The number of esters is 1. The molecule has 0 saturated carbocycles. The smallest absolute Gasteiger partial charge is 0.349 e. The molecule has 10 aromatic rings. The van der Waals surface area contributed by atoms with E-state index in [-0.39, 0.29) is 6.61 Å². The van der Waals surface area contributed by atoms with Crippen LogP contribution in [0.15, 0.2) is 170 Å². The van der Waals surface area contributed by atoms with Crippen LogP contribution < -0.4 is 10.6 Å². The van der Waals surface area contributed by atoms with Crippen LogP contribution in [0, 0.1) is 0 Å². The minimum absolute atomic E-state index is 0.135. The summed E-state index contributed by atoms with van der Waals surface area (Å²) >= 11 is 2.90. The third-order valence-electron chi connectivity index (χ3n) is 10.2. The molecule has 0 radical (unpaired) electrons. The minimum atomic E-state index is -0.421. The zero-order valence-electron chi connectivity index (χ0n) is 30.8. The molecule has 2 amide bonds. The molecule has 0 atom stereocenters. The van der Waals surface area contributed by atoms with Gasteiger partial charge in [0.1, 0.15) is 16.5 Å². The highest BCUT2D eigenvalue weighted by molar-refractivity contribution is 7.24. The Kier molecular flexibility index (Phi) is 9.14. The number of hydrogen-bond donors (Lipinski definition) is 2. The van der Waals surface area contributed by atoms with Gasteiger partial charge >= 0.3 is 12.0 Å². The van der Waals surface area contributed by atoms with Crippen molar-refractivity contribution < 1.29 is 14.3 Å². The maximum absolute atomic E-state index is 14.4. The van der Waals surface area contributed by atoms with Crippen LogP contribution in [-0.2, 0) is 11.3 Å². The molecule has 2 N–H and O–H groups in total. The predicted molar refractivity (Wildman–Crippen MR) is 239 cm³/mol. The predicted octanol–water partition coefficient (Wildman–Crippen LogP) is 13.2. The second-order valence-electron chi connectivity index (χ2n) is 13.8. The molecule has 0 spiro atoms. The zero-order valence-corrected chi connectivity index (χ0v) is 32.4. The number of fused-ring (bicyclic) bond motifs is 6. The number of para-hydroxylation sites is 1. The molecule has 0 saturated heterocycles. The molecule has 0 aliphatic heterocycles. The van der Waals surface area contributed by atoms with Gasteiger partial charge in [-0.25, -0.2) is 9.59 Å². The lowest BCUT2D eigenvalue weighted by molar-refractivity contribution is 0.0479. The molecule has 278 valence electrons. The first-order valence-corrected chi connectivity index (χ1v) is 20.4. The fourth-order valence-electron chi connectivity index (χ4n) is 7.55. The van der Waals surface area contributed by atoms with E-state index < -0.39 is 12.0 Å². The zero-order chi connectivity index (χ0) is 39.0. The first-order chi connectivity index (χ1) is 28.6. The average Bonchev–Trinajstić information content (AvgIpc) is 3.85. The molecule has 0 aliphatic rings. The van der Waals surface area contributed by atoms with Crippen LogP contribution in [-0.4, -0.2) is 22.0 Å². The Morgan fingerprint density at radius 2 is 1.22 bits per heavy atom. The number of hydrogen-bond acceptors (Lipinski definition) is 7. The maximum Gasteiger partial charge on any atom is 0.349 e. The van der Waals surface area contributed by atoms with Crippen LogP contribution in [0.2, 0.25) is 0 Å². The quantitative estimate of drug-likeness (QED) is 0.150. The third-order valence-corrected chi connectivity index (χ3v) is 12.4. The van der Waals surface area contributed by atoms with Gasteiger partial charge in [-0.15, -0.1) is 22.7 Å². The van der Waals surface area contributed by atoms with Crippen LogP contribution in [0.3, 0.4) is 0 Å². The van der Waals surface area contributed by atoms with Crippen molar-refractivity contribution in [1.29, 1.82) is 0 Å². The van der Waals surface area contributed by atoms with Gasteiger partial charge in [0.2, 0.25) is 0 Å². The van der Waals surface area contributed by atoms with Crippen molar-refractivity contribution in [2.75, 3.05) is 10.6 Å². The average molecular weight is 789 g/mol. The lowest BCUT2D eigenvalue weighted by Gasteiger charge is -2.14. The fourth-order valence-corrected chi connectivity index (χ4v) is 9.79. The van der Waals surface area contributed by atoms with E-state index >= 15 is 0 Å². The van der Waals surface area contributed by atoms with Gasteiger partial charge in [-0.1, -0.05) is 121 Å². The lowest BCUT2D eigenvalue weighted by atomic mass is 9.94. The molecule has 0 bridgehead atoms. The Labute approximate surface area is 341 Å². The van der Waals surface area contributed by atoms with E-state index in [1.807, 2.05) is 109 Å². The van der Waals surface area contributed by atoms with Gasteiger partial charge in [0, 0.05) is 54.8 Å². The Bertz CT molecular complexity index is 3160. The molecule has 0 fully saturated rings. The molecule has 0 unspecified atom stereocenters. The third kappa shape index (κ3) is 6.52. The summed E-state index contributed by atoms with van der Waals surface area (Å²) in [6, 6.07) is 51.3. The van der Waals surface area contributed by atoms with E-state index in [0.717, 1.165) is 80.9 Å². The molecule has 9 heteroatoms. The van der Waals surface area contributed by atoms with E-state index in [1.54, 1.807) is 12.4 Å². The highest BCUT2D eigenvalue weighted by atomic mass is 32.1. The number of pyridine rings is 2. The van der Waals surface area contributed by atoms with E-state index in [0.29, 0.717) is 15.6 Å². The van der Waals surface area contributed by atoms with Crippen molar-refractivity contribution in [1.82, 2.24) is 9.97 Å². The van der Waals surface area contributed by atoms with Gasteiger partial charge < -0.3 is 10.1 Å². The van der Waals surface area contributed by atoms with Gasteiger partial charge in [0.15, 0.2) is 0 Å². The van der Waals surface area contributed by atoms with Crippen molar-refractivity contribution in [3.63, 3.8) is 0 Å². The summed E-state index contributed by atoms with van der Waals surface area (Å²) in [5, 5.41) is 13.0. The second-order valence-corrected chi connectivity index (χ2v) is 15.9. The van der Waals surface area contributed by atoms with E-state index in [2.05, 4.69) is 69.1 Å². The highest BCUT2D eigenvalue weighted by Gasteiger charge is 2.29. The first-order valence-electron chi connectivity index (χ1n) is 18.7. The van der Waals surface area contributed by atoms with Crippen LogP contribution in [0.5, 0.6) is 0 Å². The highest BCUT2D eigenvalue weighted by Crippen LogP contribution is 2.52. The number of ether oxygens (including phenoxy) is 1. The Balaban J connectivity index is 1.10. The van der Waals surface area contributed by atoms with Crippen molar-refractivity contribution in [2.24, 2.45) is 0 Å². The summed E-state index contributed by atoms with van der Waals surface area (Å²) in [6.45, 7) is 0.135. The molecule has 10 rings (SSSR count). The number of carbonyl (C=O) groups is 2. The Morgan fingerprint density at radius 1 is 0.569 bits per heavy atom. The van der Waals surface area contributed by atoms with Crippen LogP contribution >= 0.6 is 22.7 Å². The number of thiophene rings is 2. The van der Waals surface area contributed by atoms with E-state index in [1.165, 1.54) is 22.7 Å². The van der Waals surface area contributed by atoms with Gasteiger partial charge in [-0.2, -0.15) is 0 Å². The van der Waals surface area contributed by atoms with Crippen LogP contribution in [0.4, 0.5) is 15.5 Å². The van der Waals surface area contributed by atoms with Crippen molar-refractivity contribution in [2.45, 2.75) is 6.61 Å². The molecule has 0 aliphatic carbocycles. The molecule has 4 aromatic heterocycles. The summed E-state index contributed by atoms with van der Waals surface area (Å²) in [7, 11) is 0. The van der Waals surface area contributed by atoms with Crippen LogP contribution in [0.25, 0.3) is 75.4 Å². The Hall–Kier alpha value is -7.20. The number of rotatable bonds is 8. The number of urea groups is 1. The number of anilines is 2. The van der Waals surface area contributed by atoms with E-state index in [4.69, 9.17) is 4.74 Å². The minimum Gasteiger partial charge on any atom is -0.457 e. The van der Waals surface area contributed by atoms with Gasteiger partial charge in [-0.3, -0.25) is 15.3 Å². The van der Waals surface area contributed by atoms with Crippen molar-refractivity contribution in [3.8, 4) is 33.6 Å². The monoisotopic (exact) mass is 788 g/mol. The largest absolute Gasteiger partial charge is 0.457 e. The SMILES string of the molecule is O=C(Nc1ccccc1-c1ccc(-c2ccccn2)nc1)Nc1sc2ccc3ccccc3c2c1-c1c(C(=O)OCc2ccccc2)sc2ccc3ccccc3c12. The van der Waals surface area contributed by atoms with Gasteiger partial charge in [0.25, 0.3) is 0 Å². The molecular formula is C49H32N4O3S2. The molecule has 4 heterocycles. The fraction of sp³-hybridized carbons (Fsp3) is 0.0204. The number of amides is 2. The van der Waals surface area contributed by atoms with Crippen molar-refractivity contribution in [3.05, 3.63) is 181 Å². The number of carbonyl (C=O) groups excluding carboxylic acids is 2. The van der Waals surface area contributed by atoms with Gasteiger partial charge in [0.05, 0.1) is 17.1 Å². The number of nitrogens with zero attached hydrogens (tertiary/aromatic N) is 2. The Morgan fingerprint density at radius 3 is 1.95 bits per heavy atom. The summed E-state index contributed by atoms with van der Waals surface area (Å²) < 4.78 is 7.98. The topological polar surface area (TPSA) is 93.2 Å². The van der Waals surface area contributed by atoms with E-state index in [9.17, 15) is 9.59 Å².